The minimum absolute atomic E-state index is 0.0414. The van der Waals surface area contributed by atoms with Gasteiger partial charge < -0.3 is 39.0 Å². The predicted molar refractivity (Wildman–Crippen MR) is 349 cm³/mol. The molecule has 12 heteroatoms. The molecule has 1 aliphatic heterocycles. The lowest BCUT2D eigenvalue weighted by molar-refractivity contribution is -0.301. The van der Waals surface area contributed by atoms with E-state index >= 15 is 0 Å². The molecule has 1 saturated heterocycles. The molecule has 1 rings (SSSR count). The Labute approximate surface area is 518 Å². The number of aliphatic hydroxyl groups excluding tert-OH is 2. The number of carboxylic acid groups (broad SMARTS) is 1. The molecule has 1 aliphatic rings. The zero-order chi connectivity index (χ0) is 61.7. The van der Waals surface area contributed by atoms with E-state index in [1.807, 2.05) is 0 Å². The van der Waals surface area contributed by atoms with E-state index in [0.29, 0.717) is 19.3 Å². The molecule has 0 amide bonds. The first kappa shape index (κ1) is 78.9. The molecule has 0 bridgehead atoms. The fourth-order valence-corrected chi connectivity index (χ4v) is 10.3. The largest absolute Gasteiger partial charge is 0.479 e. The topological polar surface area (TPSA) is 175 Å². The highest BCUT2D eigenvalue weighted by molar-refractivity contribution is 5.74. The summed E-state index contributed by atoms with van der Waals surface area (Å²) in [5, 5.41) is 31.7. The minimum atomic E-state index is -1.91. The Bertz CT molecular complexity index is 1800. The lowest BCUT2D eigenvalue weighted by Crippen LogP contribution is -2.61. The lowest BCUT2D eigenvalue weighted by atomic mass is 9.98. The van der Waals surface area contributed by atoms with Crippen molar-refractivity contribution >= 4 is 23.9 Å². The van der Waals surface area contributed by atoms with Crippen LogP contribution in [0.4, 0.5) is 0 Å². The Morgan fingerprint density at radius 3 is 1.13 bits per heavy atom. The van der Waals surface area contributed by atoms with Gasteiger partial charge in [-0.1, -0.05) is 279 Å². The molecule has 0 aliphatic carbocycles. The second kappa shape index (κ2) is 60.2. The standard InChI is InChI=1S/C73H124O12/c1-4-7-10-13-16-19-22-25-28-31-33-36-38-41-44-47-50-53-56-59-65(74)81-62-64(83-66(75)60-57-54-51-48-45-42-39-35-30-27-24-21-18-15-12-9-6-3)63-82-73-71(69(78)68(77)70(85-73)72(79)80)84-67(76)61-58-55-52-49-46-43-40-37-34-32-29-26-23-20-17-14-11-8-5-2/h8-9,11-12,17-18,20-21,26-27,29-30,34,37,64,68-71,73,77-78H,4-7,10,13-16,19,22-25,28,31-33,35-36,38-63H2,1-3H3,(H,79,80)/b11-8-,12-9-,20-17-,21-18-,29-26-,30-27-,37-34-. The van der Waals surface area contributed by atoms with Crippen LogP contribution in [-0.2, 0) is 42.9 Å². The van der Waals surface area contributed by atoms with E-state index in [1.165, 1.54) is 96.3 Å². The van der Waals surface area contributed by atoms with Gasteiger partial charge in [0.05, 0.1) is 6.61 Å². The van der Waals surface area contributed by atoms with Crippen LogP contribution < -0.4 is 0 Å². The van der Waals surface area contributed by atoms with Crippen molar-refractivity contribution in [2.24, 2.45) is 0 Å². The number of allylic oxidation sites excluding steroid dienone is 14. The number of hydrogen-bond donors (Lipinski definition) is 3. The fraction of sp³-hybridized carbons (Fsp3) is 0.753. The highest BCUT2D eigenvalue weighted by atomic mass is 16.7. The van der Waals surface area contributed by atoms with Gasteiger partial charge in [-0.25, -0.2) is 4.79 Å². The fourth-order valence-electron chi connectivity index (χ4n) is 10.3. The number of carbonyl (C=O) groups excluding carboxylic acids is 3. The van der Waals surface area contributed by atoms with Crippen LogP contribution in [0.3, 0.4) is 0 Å². The van der Waals surface area contributed by atoms with Crippen molar-refractivity contribution in [1.29, 1.82) is 0 Å². The molecule has 85 heavy (non-hydrogen) atoms. The highest BCUT2D eigenvalue weighted by Crippen LogP contribution is 2.27. The van der Waals surface area contributed by atoms with Crippen LogP contribution in [0, 0.1) is 0 Å². The Morgan fingerprint density at radius 2 is 0.741 bits per heavy atom. The van der Waals surface area contributed by atoms with Crippen molar-refractivity contribution in [3.63, 3.8) is 0 Å². The molecule has 6 unspecified atom stereocenters. The summed E-state index contributed by atoms with van der Waals surface area (Å²) >= 11 is 0. The van der Waals surface area contributed by atoms with Gasteiger partial charge in [0.2, 0.25) is 0 Å². The van der Waals surface area contributed by atoms with E-state index in [4.69, 9.17) is 23.7 Å². The summed E-state index contributed by atoms with van der Waals surface area (Å²) in [6.45, 7) is 5.81. The van der Waals surface area contributed by atoms with Gasteiger partial charge in [-0.3, -0.25) is 14.4 Å². The van der Waals surface area contributed by atoms with Gasteiger partial charge in [-0.05, 0) is 89.9 Å². The number of aliphatic hydroxyl groups is 2. The molecular weight excluding hydrogens is 1070 g/mol. The van der Waals surface area contributed by atoms with Crippen molar-refractivity contribution in [2.45, 2.75) is 340 Å². The van der Waals surface area contributed by atoms with Crippen LogP contribution in [-0.4, -0.2) is 89.2 Å². The number of carbonyl (C=O) groups is 4. The summed E-state index contributed by atoms with van der Waals surface area (Å²) in [4.78, 5) is 51.5. The van der Waals surface area contributed by atoms with Crippen LogP contribution >= 0.6 is 0 Å². The Balaban J connectivity index is 2.64. The smallest absolute Gasteiger partial charge is 0.335 e. The molecule has 488 valence electrons. The molecule has 12 nitrogen and oxygen atoms in total. The Hall–Kier alpha value is -4.10. The number of carboxylic acids is 1. The van der Waals surface area contributed by atoms with Gasteiger partial charge in [0, 0.05) is 19.3 Å². The van der Waals surface area contributed by atoms with E-state index in [2.05, 4.69) is 106 Å². The molecule has 0 spiro atoms. The van der Waals surface area contributed by atoms with Crippen LogP contribution in [0.25, 0.3) is 0 Å². The van der Waals surface area contributed by atoms with Crippen LogP contribution in [0.15, 0.2) is 85.1 Å². The van der Waals surface area contributed by atoms with E-state index in [9.17, 15) is 34.5 Å². The number of rotatable bonds is 59. The van der Waals surface area contributed by atoms with Crippen molar-refractivity contribution in [3.8, 4) is 0 Å². The minimum Gasteiger partial charge on any atom is -0.479 e. The lowest BCUT2D eigenvalue weighted by Gasteiger charge is -2.40. The molecule has 0 saturated carbocycles. The molecule has 6 atom stereocenters. The van der Waals surface area contributed by atoms with Crippen LogP contribution in [0.2, 0.25) is 0 Å². The molecule has 1 heterocycles. The zero-order valence-electron chi connectivity index (χ0n) is 54.1. The molecule has 0 radical (unpaired) electrons. The summed E-state index contributed by atoms with van der Waals surface area (Å²) in [6, 6.07) is 0. The Kier molecular flexibility index (Phi) is 55.9. The summed E-state index contributed by atoms with van der Waals surface area (Å²) in [6.07, 6.45) is 66.8. The number of aliphatic carboxylic acids is 1. The van der Waals surface area contributed by atoms with Gasteiger partial charge in [0.1, 0.15) is 18.8 Å². The average molecular weight is 1190 g/mol. The Morgan fingerprint density at radius 1 is 0.400 bits per heavy atom. The zero-order valence-corrected chi connectivity index (χ0v) is 54.1. The summed E-state index contributed by atoms with van der Waals surface area (Å²) in [5.41, 5.74) is 0. The molecule has 0 aromatic rings. The highest BCUT2D eigenvalue weighted by Gasteiger charge is 2.50. The predicted octanol–water partition coefficient (Wildman–Crippen LogP) is 19.0. The molecular formula is C73H124O12. The van der Waals surface area contributed by atoms with Gasteiger partial charge in [-0.2, -0.15) is 0 Å². The summed E-state index contributed by atoms with van der Waals surface area (Å²) < 4.78 is 28.6. The molecule has 0 aromatic heterocycles. The summed E-state index contributed by atoms with van der Waals surface area (Å²) in [7, 11) is 0. The van der Waals surface area contributed by atoms with E-state index in [0.717, 1.165) is 148 Å². The maximum absolute atomic E-state index is 13.2. The molecule has 0 aromatic carbocycles. The maximum atomic E-state index is 13.2. The van der Waals surface area contributed by atoms with Gasteiger partial charge in [0.25, 0.3) is 0 Å². The second-order valence-electron chi connectivity index (χ2n) is 23.4. The SMILES string of the molecule is CC/C=C\C/C=C\C/C=C\C/C=C\CCCCCCCCC(=O)OC1C(OCC(COC(=O)CCCCCCCCCCCCCCCCCCCCC)OC(=O)CCCCCCCCC/C=C\C/C=C\C/C=C\CC)OC(C(=O)O)C(O)C1O. The monoisotopic (exact) mass is 1190 g/mol. The quantitative estimate of drug-likeness (QED) is 0.0228. The first-order valence-electron chi connectivity index (χ1n) is 34.6. The third-order valence-corrected chi connectivity index (χ3v) is 15.5. The number of esters is 3. The number of hydrogen-bond acceptors (Lipinski definition) is 11. The average Bonchev–Trinajstić information content (AvgIpc) is 2.79. The first-order valence-corrected chi connectivity index (χ1v) is 34.6. The van der Waals surface area contributed by atoms with Crippen molar-refractivity contribution in [2.75, 3.05) is 13.2 Å². The van der Waals surface area contributed by atoms with E-state index < -0.39 is 67.3 Å². The number of ether oxygens (including phenoxy) is 5. The first-order chi connectivity index (χ1) is 41.6. The van der Waals surface area contributed by atoms with Gasteiger partial charge in [0.15, 0.2) is 24.6 Å². The van der Waals surface area contributed by atoms with Gasteiger partial charge in [-0.15, -0.1) is 0 Å². The third kappa shape index (κ3) is 49.6. The van der Waals surface area contributed by atoms with E-state index in [-0.39, 0.29) is 25.9 Å². The van der Waals surface area contributed by atoms with Crippen molar-refractivity contribution in [3.05, 3.63) is 85.1 Å². The third-order valence-electron chi connectivity index (χ3n) is 15.5. The van der Waals surface area contributed by atoms with Crippen molar-refractivity contribution in [1.82, 2.24) is 0 Å². The second-order valence-corrected chi connectivity index (χ2v) is 23.4. The normalized spacial score (nSPS) is 18.0. The van der Waals surface area contributed by atoms with Crippen LogP contribution in [0.1, 0.15) is 303 Å². The molecule has 3 N–H and O–H groups in total. The van der Waals surface area contributed by atoms with Crippen LogP contribution in [0.5, 0.6) is 0 Å². The molecule has 1 fully saturated rings. The van der Waals surface area contributed by atoms with Gasteiger partial charge >= 0.3 is 23.9 Å². The maximum Gasteiger partial charge on any atom is 0.335 e. The van der Waals surface area contributed by atoms with Crippen molar-refractivity contribution < 1.29 is 58.2 Å². The summed E-state index contributed by atoms with van der Waals surface area (Å²) in [5.74, 6) is -3.13. The number of unbranched alkanes of at least 4 members (excludes halogenated alkanes) is 31. The van der Waals surface area contributed by atoms with E-state index in [1.54, 1.807) is 0 Å².